The summed E-state index contributed by atoms with van der Waals surface area (Å²) in [5, 5.41) is 11.8. The molecule has 0 aromatic heterocycles. The topological polar surface area (TPSA) is 78.9 Å². The van der Waals surface area contributed by atoms with E-state index in [0.717, 1.165) is 0 Å². The number of hydrogen-bond acceptors (Lipinski definition) is 4. The van der Waals surface area contributed by atoms with Gasteiger partial charge in [-0.2, -0.15) is 0 Å². The number of anilines is 1. The van der Waals surface area contributed by atoms with Gasteiger partial charge in [-0.25, -0.2) is 0 Å². The van der Waals surface area contributed by atoms with Crippen LogP contribution < -0.4 is 15.0 Å². The van der Waals surface area contributed by atoms with Gasteiger partial charge in [-0.1, -0.05) is 6.07 Å². The van der Waals surface area contributed by atoms with Crippen molar-refractivity contribution in [2.75, 3.05) is 19.0 Å². The Bertz CT molecular complexity index is 529. The van der Waals surface area contributed by atoms with E-state index in [2.05, 4.69) is 5.32 Å². The van der Waals surface area contributed by atoms with Crippen LogP contribution in [0.5, 0.6) is 5.75 Å². The highest BCUT2D eigenvalue weighted by Gasteiger charge is 2.30. The van der Waals surface area contributed by atoms with Gasteiger partial charge in [-0.15, -0.1) is 0 Å². The molecule has 2 unspecified atom stereocenters. The summed E-state index contributed by atoms with van der Waals surface area (Å²) in [6.07, 6.45) is -0.564. The lowest BCUT2D eigenvalue weighted by Gasteiger charge is -2.30. The van der Waals surface area contributed by atoms with Gasteiger partial charge in [0, 0.05) is 7.05 Å². The molecule has 1 aliphatic rings. The zero-order chi connectivity index (χ0) is 14.2. The van der Waals surface area contributed by atoms with Crippen molar-refractivity contribution in [3.63, 3.8) is 0 Å². The summed E-state index contributed by atoms with van der Waals surface area (Å²) in [5.74, 6) is -0.562. The first-order valence-corrected chi connectivity index (χ1v) is 5.94. The molecule has 1 aromatic carbocycles. The second-order valence-electron chi connectivity index (χ2n) is 4.44. The maximum absolute atomic E-state index is 11.8. The molecule has 0 aliphatic carbocycles. The summed E-state index contributed by atoms with van der Waals surface area (Å²) in [6.45, 7) is 1.67. The number of benzene rings is 1. The number of rotatable bonds is 3. The van der Waals surface area contributed by atoms with Gasteiger partial charge in [0.15, 0.2) is 6.10 Å². The number of aliphatic carboxylic acids is 1. The van der Waals surface area contributed by atoms with Crippen molar-refractivity contribution >= 4 is 17.6 Å². The predicted molar refractivity (Wildman–Crippen MR) is 69.4 cm³/mol. The molecule has 1 amide bonds. The Hall–Kier alpha value is -2.08. The van der Waals surface area contributed by atoms with E-state index in [4.69, 9.17) is 9.84 Å². The van der Waals surface area contributed by atoms with E-state index in [9.17, 15) is 9.59 Å². The first-order valence-electron chi connectivity index (χ1n) is 5.94. The number of carboxylic acids is 1. The lowest BCUT2D eigenvalue weighted by Crippen LogP contribution is -2.42. The lowest BCUT2D eigenvalue weighted by atomic mass is 10.0. The molecule has 1 heterocycles. The fourth-order valence-corrected chi connectivity index (χ4v) is 2.15. The van der Waals surface area contributed by atoms with Gasteiger partial charge in [0.05, 0.1) is 5.69 Å². The van der Waals surface area contributed by atoms with Gasteiger partial charge < -0.3 is 20.1 Å². The Morgan fingerprint density at radius 2 is 2.21 bits per heavy atom. The number of likely N-dealkylation sites (N-methyl/N-ethyl adjacent to an activating group) is 2. The Labute approximate surface area is 111 Å². The third kappa shape index (κ3) is 2.26. The van der Waals surface area contributed by atoms with E-state index in [1.165, 1.54) is 4.90 Å². The number of nitrogens with one attached hydrogen (secondary N) is 1. The minimum Gasteiger partial charge on any atom is -0.480 e. The van der Waals surface area contributed by atoms with E-state index in [1.807, 2.05) is 0 Å². The molecule has 102 valence electrons. The molecule has 2 atom stereocenters. The van der Waals surface area contributed by atoms with Crippen molar-refractivity contribution in [3.05, 3.63) is 23.8 Å². The van der Waals surface area contributed by atoms with Crippen molar-refractivity contribution in [2.45, 2.75) is 19.1 Å². The molecule has 6 heteroatoms. The summed E-state index contributed by atoms with van der Waals surface area (Å²) < 4.78 is 5.52. The van der Waals surface area contributed by atoms with E-state index in [0.29, 0.717) is 17.0 Å². The molecule has 1 aromatic rings. The fourth-order valence-electron chi connectivity index (χ4n) is 2.15. The monoisotopic (exact) mass is 264 g/mol. The molecule has 0 saturated heterocycles. The first kappa shape index (κ1) is 13.4. The van der Waals surface area contributed by atoms with Crippen LogP contribution in [0.15, 0.2) is 18.2 Å². The number of carboxylic acid groups (broad SMARTS) is 1. The average Bonchev–Trinajstić information content (AvgIpc) is 2.36. The quantitative estimate of drug-likeness (QED) is 0.843. The molecular formula is C13H16N2O4. The minimum absolute atomic E-state index is 0.122. The van der Waals surface area contributed by atoms with Crippen molar-refractivity contribution in [2.24, 2.45) is 0 Å². The van der Waals surface area contributed by atoms with Crippen molar-refractivity contribution in [1.29, 1.82) is 0 Å². The number of nitrogens with zero attached hydrogens (tertiary/aromatic N) is 1. The zero-order valence-electron chi connectivity index (χ0n) is 11.0. The van der Waals surface area contributed by atoms with Crippen LogP contribution in [0.3, 0.4) is 0 Å². The van der Waals surface area contributed by atoms with Crippen LogP contribution in [-0.2, 0) is 9.59 Å². The number of fused-ring (bicyclic) bond motifs is 1. The van der Waals surface area contributed by atoms with Crippen LogP contribution in [0.4, 0.5) is 5.69 Å². The molecule has 2 rings (SSSR count). The summed E-state index contributed by atoms with van der Waals surface area (Å²) in [4.78, 5) is 24.4. The second kappa shape index (κ2) is 4.89. The van der Waals surface area contributed by atoms with Crippen molar-refractivity contribution < 1.29 is 19.4 Å². The summed E-state index contributed by atoms with van der Waals surface area (Å²) in [7, 11) is 3.25. The average molecular weight is 264 g/mol. The molecule has 2 N–H and O–H groups in total. The van der Waals surface area contributed by atoms with Gasteiger partial charge in [0.1, 0.15) is 11.8 Å². The maximum Gasteiger partial charge on any atom is 0.325 e. The molecular weight excluding hydrogens is 248 g/mol. The van der Waals surface area contributed by atoms with Crippen LogP contribution >= 0.6 is 0 Å². The van der Waals surface area contributed by atoms with Crippen molar-refractivity contribution in [1.82, 2.24) is 5.32 Å². The van der Waals surface area contributed by atoms with E-state index in [1.54, 1.807) is 39.2 Å². The van der Waals surface area contributed by atoms with Gasteiger partial charge in [0.2, 0.25) is 0 Å². The Balaban J connectivity index is 2.42. The number of ether oxygens (including phenoxy) is 1. The zero-order valence-corrected chi connectivity index (χ0v) is 11.0. The Kier molecular flexibility index (Phi) is 3.44. The van der Waals surface area contributed by atoms with Crippen LogP contribution in [0.1, 0.15) is 18.5 Å². The number of carbonyl (C=O) groups is 2. The highest BCUT2D eigenvalue weighted by molar-refractivity contribution is 5.99. The number of amides is 1. The summed E-state index contributed by atoms with van der Waals surface area (Å²) >= 11 is 0. The third-order valence-corrected chi connectivity index (χ3v) is 3.20. The predicted octanol–water partition coefficient (Wildman–Crippen LogP) is 0.775. The van der Waals surface area contributed by atoms with Crippen LogP contribution in [0, 0.1) is 0 Å². The second-order valence-corrected chi connectivity index (χ2v) is 4.44. The lowest BCUT2D eigenvalue weighted by molar-refractivity contribution is -0.139. The number of carbonyl (C=O) groups excluding carboxylic acids is 1. The molecule has 0 radical (unpaired) electrons. The van der Waals surface area contributed by atoms with Gasteiger partial charge in [-0.05, 0) is 31.7 Å². The molecule has 6 nitrogen and oxygen atoms in total. The van der Waals surface area contributed by atoms with Gasteiger partial charge >= 0.3 is 5.97 Å². The smallest absolute Gasteiger partial charge is 0.325 e. The molecule has 0 fully saturated rings. The molecule has 0 saturated carbocycles. The van der Waals surface area contributed by atoms with Gasteiger partial charge in [0.25, 0.3) is 5.91 Å². The van der Waals surface area contributed by atoms with Crippen LogP contribution in [0.25, 0.3) is 0 Å². The normalized spacial score (nSPS) is 19.6. The van der Waals surface area contributed by atoms with E-state index >= 15 is 0 Å². The third-order valence-electron chi connectivity index (χ3n) is 3.20. The standard InChI is InChI=1S/C13H16N2O4/c1-7-12(16)15(3)9-5-4-8(6-10(9)19-7)11(14-2)13(17)18/h4-7,11,14H,1-3H3,(H,17,18). The largest absolute Gasteiger partial charge is 0.480 e. The molecule has 0 bridgehead atoms. The highest BCUT2D eigenvalue weighted by Crippen LogP contribution is 2.35. The summed E-state index contributed by atoms with van der Waals surface area (Å²) in [5.41, 5.74) is 1.23. The SMILES string of the molecule is CNC(C(=O)O)c1ccc2c(c1)OC(C)C(=O)N2C. The molecule has 0 spiro atoms. The van der Waals surface area contributed by atoms with E-state index < -0.39 is 18.1 Å². The maximum atomic E-state index is 11.8. The molecule has 19 heavy (non-hydrogen) atoms. The Morgan fingerprint density at radius 1 is 1.53 bits per heavy atom. The summed E-state index contributed by atoms with van der Waals surface area (Å²) in [6, 6.07) is 4.23. The van der Waals surface area contributed by atoms with E-state index in [-0.39, 0.29) is 5.91 Å². The Morgan fingerprint density at radius 3 is 2.79 bits per heavy atom. The number of hydrogen-bond donors (Lipinski definition) is 2. The van der Waals surface area contributed by atoms with Crippen LogP contribution in [-0.4, -0.2) is 37.2 Å². The van der Waals surface area contributed by atoms with Crippen molar-refractivity contribution in [3.8, 4) is 5.75 Å². The first-order chi connectivity index (χ1) is 8.95. The minimum atomic E-state index is -0.962. The molecule has 1 aliphatic heterocycles. The highest BCUT2D eigenvalue weighted by atomic mass is 16.5. The fraction of sp³-hybridized carbons (Fsp3) is 0.385. The van der Waals surface area contributed by atoms with Gasteiger partial charge in [-0.3, -0.25) is 9.59 Å². The van der Waals surface area contributed by atoms with Crippen LogP contribution in [0.2, 0.25) is 0 Å².